The minimum Gasteiger partial charge on any atom is -0.299 e. The van der Waals surface area contributed by atoms with Gasteiger partial charge in [-0.05, 0) is 18.4 Å². The fourth-order valence-corrected chi connectivity index (χ4v) is 2.86. The third-order valence-electron chi connectivity index (χ3n) is 1.97. The first-order chi connectivity index (χ1) is 7.24. The van der Waals surface area contributed by atoms with Gasteiger partial charge in [0.05, 0.1) is 6.42 Å². The first kappa shape index (κ1) is 10.5. The molecule has 2 nitrogen and oxygen atoms in total. The zero-order valence-electron chi connectivity index (χ0n) is 8.40. The fraction of sp³-hybridized carbons (Fsp3) is 0.273. The summed E-state index contributed by atoms with van der Waals surface area (Å²) in [6.07, 6.45) is 1.01. The molecule has 0 aliphatic heterocycles. The van der Waals surface area contributed by atoms with Crippen LogP contribution in [0.25, 0.3) is 0 Å². The van der Waals surface area contributed by atoms with Gasteiger partial charge >= 0.3 is 0 Å². The number of aromatic nitrogens is 1. The van der Waals surface area contributed by atoms with Crippen LogP contribution < -0.4 is 0 Å². The molecule has 0 amide bonds. The molecular weight excluding hydrogens is 226 g/mol. The Balaban J connectivity index is 1.93. The molecule has 0 saturated carbocycles. The molecule has 4 heteroatoms. The van der Waals surface area contributed by atoms with E-state index in [1.165, 1.54) is 0 Å². The summed E-state index contributed by atoms with van der Waals surface area (Å²) in [5.41, 5.74) is 0.999. The molecule has 2 aromatic heterocycles. The molecule has 0 bridgehead atoms. The van der Waals surface area contributed by atoms with Gasteiger partial charge in [-0.2, -0.15) is 0 Å². The highest BCUT2D eigenvalue weighted by Gasteiger charge is 2.08. The number of nitrogens with zero attached hydrogens (tertiary/aromatic N) is 1. The van der Waals surface area contributed by atoms with Crippen molar-refractivity contribution in [1.82, 2.24) is 4.98 Å². The molecule has 0 aromatic carbocycles. The highest BCUT2D eigenvalue weighted by Crippen LogP contribution is 2.13. The summed E-state index contributed by atoms with van der Waals surface area (Å²) >= 11 is 3.19. The summed E-state index contributed by atoms with van der Waals surface area (Å²) < 4.78 is 0. The molecule has 0 spiro atoms. The Hall–Kier alpha value is -1.00. The number of ketones is 1. The van der Waals surface area contributed by atoms with E-state index in [0.717, 1.165) is 15.6 Å². The molecular formula is C11H11NOS2. The van der Waals surface area contributed by atoms with Gasteiger partial charge in [0.2, 0.25) is 0 Å². The third kappa shape index (κ3) is 2.97. The lowest BCUT2D eigenvalue weighted by Crippen LogP contribution is -2.05. The SMILES string of the molecule is Cc1csc(CC(=O)Cc2cccs2)n1. The lowest BCUT2D eigenvalue weighted by atomic mass is 10.2. The maximum Gasteiger partial charge on any atom is 0.144 e. The van der Waals surface area contributed by atoms with E-state index < -0.39 is 0 Å². The third-order valence-corrected chi connectivity index (χ3v) is 3.81. The molecule has 2 aromatic rings. The van der Waals surface area contributed by atoms with Gasteiger partial charge < -0.3 is 0 Å². The molecule has 0 fully saturated rings. The Morgan fingerprint density at radius 3 is 2.87 bits per heavy atom. The molecule has 0 aliphatic rings. The average Bonchev–Trinajstić information content (AvgIpc) is 2.77. The van der Waals surface area contributed by atoms with Crippen molar-refractivity contribution >= 4 is 28.5 Å². The van der Waals surface area contributed by atoms with E-state index in [1.54, 1.807) is 22.7 Å². The maximum atomic E-state index is 11.7. The number of aryl methyl sites for hydroxylation is 1. The minimum atomic E-state index is 0.242. The van der Waals surface area contributed by atoms with Gasteiger partial charge in [-0.1, -0.05) is 6.07 Å². The van der Waals surface area contributed by atoms with Gasteiger partial charge in [-0.25, -0.2) is 4.98 Å². The summed E-state index contributed by atoms with van der Waals surface area (Å²) in [6, 6.07) is 3.97. The zero-order chi connectivity index (χ0) is 10.7. The summed E-state index contributed by atoms with van der Waals surface area (Å²) in [5, 5.41) is 4.90. The number of Topliss-reactive ketones (excluding diaryl/α,β-unsaturated/α-hetero) is 1. The molecule has 2 rings (SSSR count). The lowest BCUT2D eigenvalue weighted by Gasteiger charge is -1.95. The highest BCUT2D eigenvalue weighted by atomic mass is 32.1. The van der Waals surface area contributed by atoms with Crippen LogP contribution in [0.1, 0.15) is 15.6 Å². The van der Waals surface area contributed by atoms with Gasteiger partial charge in [0.1, 0.15) is 10.8 Å². The second-order valence-electron chi connectivity index (χ2n) is 3.35. The monoisotopic (exact) mass is 237 g/mol. The van der Waals surface area contributed by atoms with Gasteiger partial charge in [-0.3, -0.25) is 4.79 Å². The summed E-state index contributed by atoms with van der Waals surface area (Å²) in [4.78, 5) is 17.1. The van der Waals surface area contributed by atoms with Crippen LogP contribution in [0.3, 0.4) is 0 Å². The quantitative estimate of drug-likeness (QED) is 0.818. The van der Waals surface area contributed by atoms with Crippen LogP contribution in [0, 0.1) is 6.92 Å². The Bertz CT molecular complexity index is 445. The second kappa shape index (κ2) is 4.68. The molecule has 0 saturated heterocycles. The Morgan fingerprint density at radius 2 is 2.27 bits per heavy atom. The molecule has 78 valence electrons. The smallest absolute Gasteiger partial charge is 0.144 e. The number of hydrogen-bond acceptors (Lipinski definition) is 4. The Kier molecular flexibility index (Phi) is 3.28. The van der Waals surface area contributed by atoms with Crippen LogP contribution in [-0.4, -0.2) is 10.8 Å². The van der Waals surface area contributed by atoms with E-state index in [0.29, 0.717) is 12.8 Å². The van der Waals surface area contributed by atoms with Crippen LogP contribution >= 0.6 is 22.7 Å². The molecule has 0 atom stereocenters. The van der Waals surface area contributed by atoms with Crippen molar-refractivity contribution in [3.8, 4) is 0 Å². The molecule has 0 radical (unpaired) electrons. The Labute approximate surface area is 96.6 Å². The molecule has 0 unspecified atom stereocenters. The highest BCUT2D eigenvalue weighted by molar-refractivity contribution is 7.10. The predicted octanol–water partition coefficient (Wildman–Crippen LogP) is 2.87. The largest absolute Gasteiger partial charge is 0.299 e. The van der Waals surface area contributed by atoms with Crippen molar-refractivity contribution < 1.29 is 4.79 Å². The van der Waals surface area contributed by atoms with Crippen molar-refractivity contribution in [2.75, 3.05) is 0 Å². The number of carbonyl (C=O) groups excluding carboxylic acids is 1. The first-order valence-electron chi connectivity index (χ1n) is 4.69. The first-order valence-corrected chi connectivity index (χ1v) is 6.45. The van der Waals surface area contributed by atoms with E-state index in [-0.39, 0.29) is 5.78 Å². The summed E-state index contributed by atoms with van der Waals surface area (Å²) in [6.45, 7) is 1.95. The number of thiophene rings is 1. The Morgan fingerprint density at radius 1 is 1.40 bits per heavy atom. The predicted molar refractivity (Wildman–Crippen MR) is 63.6 cm³/mol. The van der Waals surface area contributed by atoms with Crippen LogP contribution in [0.15, 0.2) is 22.9 Å². The topological polar surface area (TPSA) is 30.0 Å². The fourth-order valence-electron chi connectivity index (χ4n) is 1.32. The molecule has 15 heavy (non-hydrogen) atoms. The van der Waals surface area contributed by atoms with Gasteiger partial charge in [0.15, 0.2) is 0 Å². The van der Waals surface area contributed by atoms with Crippen molar-refractivity contribution in [2.24, 2.45) is 0 Å². The standard InChI is InChI=1S/C11H11NOS2/c1-8-7-15-11(12-8)6-9(13)5-10-3-2-4-14-10/h2-4,7H,5-6H2,1H3. The maximum absolute atomic E-state index is 11.7. The van der Waals surface area contributed by atoms with Crippen molar-refractivity contribution in [3.05, 3.63) is 38.5 Å². The molecule has 0 aliphatic carbocycles. The minimum absolute atomic E-state index is 0.242. The van der Waals surface area contributed by atoms with E-state index in [1.807, 2.05) is 29.8 Å². The van der Waals surface area contributed by atoms with E-state index >= 15 is 0 Å². The van der Waals surface area contributed by atoms with Gasteiger partial charge in [0.25, 0.3) is 0 Å². The van der Waals surface area contributed by atoms with Crippen LogP contribution in [-0.2, 0) is 17.6 Å². The number of rotatable bonds is 4. The number of thiazole rings is 1. The zero-order valence-corrected chi connectivity index (χ0v) is 10.0. The molecule has 2 heterocycles. The van der Waals surface area contributed by atoms with E-state index in [4.69, 9.17) is 0 Å². The van der Waals surface area contributed by atoms with E-state index in [2.05, 4.69) is 4.98 Å². The van der Waals surface area contributed by atoms with Crippen molar-refractivity contribution in [2.45, 2.75) is 19.8 Å². The van der Waals surface area contributed by atoms with Crippen LogP contribution in [0.2, 0.25) is 0 Å². The number of carbonyl (C=O) groups is 1. The van der Waals surface area contributed by atoms with Gasteiger partial charge in [-0.15, -0.1) is 22.7 Å². The normalized spacial score (nSPS) is 10.5. The summed E-state index contributed by atoms with van der Waals surface area (Å²) in [7, 11) is 0. The van der Waals surface area contributed by atoms with Crippen LogP contribution in [0.5, 0.6) is 0 Å². The lowest BCUT2D eigenvalue weighted by molar-refractivity contribution is -0.117. The van der Waals surface area contributed by atoms with Crippen LogP contribution in [0.4, 0.5) is 0 Å². The molecule has 0 N–H and O–H groups in total. The summed E-state index contributed by atoms with van der Waals surface area (Å²) in [5.74, 6) is 0.242. The van der Waals surface area contributed by atoms with Gasteiger partial charge in [0, 0.05) is 22.4 Å². The number of hydrogen-bond donors (Lipinski definition) is 0. The van der Waals surface area contributed by atoms with Crippen molar-refractivity contribution in [1.29, 1.82) is 0 Å². The van der Waals surface area contributed by atoms with Crippen molar-refractivity contribution in [3.63, 3.8) is 0 Å². The second-order valence-corrected chi connectivity index (χ2v) is 5.33. The average molecular weight is 237 g/mol. The van der Waals surface area contributed by atoms with E-state index in [9.17, 15) is 4.79 Å².